The molecule has 2 saturated carbocycles. The van der Waals surface area contributed by atoms with Crippen LogP contribution in [-0.2, 0) is 9.59 Å². The number of hydrogen-bond donors (Lipinski definition) is 2. The Kier molecular flexibility index (Phi) is 3.49. The highest BCUT2D eigenvalue weighted by Gasteiger charge is 2.52. The summed E-state index contributed by atoms with van der Waals surface area (Å²) in [6, 6.07) is 0. The molecule has 0 unspecified atom stereocenters. The SMILES string of the molecule is O=C(NC1(C(=O)O)CC1)C1CCC(C(F)(F)F)CC1. The first-order valence-corrected chi connectivity index (χ1v) is 6.37. The number of amides is 1. The summed E-state index contributed by atoms with van der Waals surface area (Å²) in [5.41, 5.74) is -1.15. The predicted molar refractivity (Wildman–Crippen MR) is 59.2 cm³/mol. The van der Waals surface area contributed by atoms with Gasteiger partial charge in [-0.2, -0.15) is 13.2 Å². The van der Waals surface area contributed by atoms with E-state index in [1.165, 1.54) is 0 Å². The van der Waals surface area contributed by atoms with E-state index in [0.29, 0.717) is 12.8 Å². The lowest BCUT2D eigenvalue weighted by Crippen LogP contribution is -2.46. The van der Waals surface area contributed by atoms with Crippen LogP contribution in [0.2, 0.25) is 0 Å². The molecule has 2 aliphatic carbocycles. The molecule has 19 heavy (non-hydrogen) atoms. The number of halogens is 3. The lowest BCUT2D eigenvalue weighted by molar-refractivity contribution is -0.184. The Labute approximate surface area is 108 Å². The first kappa shape index (κ1) is 14.1. The molecule has 0 aromatic carbocycles. The van der Waals surface area contributed by atoms with Gasteiger partial charge in [0, 0.05) is 5.92 Å². The molecule has 0 radical (unpaired) electrons. The van der Waals surface area contributed by atoms with Crippen molar-refractivity contribution in [2.75, 3.05) is 0 Å². The molecule has 0 atom stereocenters. The minimum atomic E-state index is -4.19. The number of carboxylic acids is 1. The van der Waals surface area contributed by atoms with Crippen LogP contribution >= 0.6 is 0 Å². The monoisotopic (exact) mass is 279 g/mol. The number of carbonyl (C=O) groups is 2. The van der Waals surface area contributed by atoms with Crippen LogP contribution in [-0.4, -0.2) is 28.7 Å². The molecule has 1 amide bonds. The normalized spacial score (nSPS) is 29.6. The van der Waals surface area contributed by atoms with E-state index < -0.39 is 35.4 Å². The average Bonchev–Trinajstić information content (AvgIpc) is 3.09. The van der Waals surface area contributed by atoms with Crippen LogP contribution in [0.1, 0.15) is 38.5 Å². The molecular formula is C12H16F3NO3. The van der Waals surface area contributed by atoms with Crippen molar-refractivity contribution in [3.63, 3.8) is 0 Å². The van der Waals surface area contributed by atoms with Crippen molar-refractivity contribution in [3.05, 3.63) is 0 Å². The molecule has 0 aliphatic heterocycles. The summed E-state index contributed by atoms with van der Waals surface area (Å²) in [5.74, 6) is -3.30. The van der Waals surface area contributed by atoms with Gasteiger partial charge in [-0.15, -0.1) is 0 Å². The lowest BCUT2D eigenvalue weighted by Gasteiger charge is -2.29. The number of carboxylic acid groups (broad SMARTS) is 1. The van der Waals surface area contributed by atoms with Gasteiger partial charge in [-0.1, -0.05) is 0 Å². The third kappa shape index (κ3) is 3.01. The van der Waals surface area contributed by atoms with E-state index in [-0.39, 0.29) is 25.7 Å². The van der Waals surface area contributed by atoms with Gasteiger partial charge >= 0.3 is 12.1 Å². The van der Waals surface area contributed by atoms with Crippen molar-refractivity contribution in [2.24, 2.45) is 11.8 Å². The molecule has 0 heterocycles. The van der Waals surface area contributed by atoms with Gasteiger partial charge < -0.3 is 10.4 Å². The minimum Gasteiger partial charge on any atom is -0.480 e. The fraction of sp³-hybridized carbons (Fsp3) is 0.833. The summed E-state index contributed by atoms with van der Waals surface area (Å²) in [6.07, 6.45) is -3.17. The van der Waals surface area contributed by atoms with Gasteiger partial charge in [0.2, 0.25) is 5.91 Å². The standard InChI is InChI=1S/C12H16F3NO3/c13-12(14,15)8-3-1-7(2-4-8)9(17)16-11(5-6-11)10(18)19/h7-8H,1-6H2,(H,16,17)(H,18,19). The van der Waals surface area contributed by atoms with Gasteiger partial charge in [0.1, 0.15) is 5.54 Å². The van der Waals surface area contributed by atoms with Crippen LogP contribution in [0.3, 0.4) is 0 Å². The fourth-order valence-corrected chi connectivity index (χ4v) is 2.54. The van der Waals surface area contributed by atoms with Crippen LogP contribution in [0.15, 0.2) is 0 Å². The molecule has 108 valence electrons. The third-order valence-corrected chi connectivity index (χ3v) is 4.08. The highest BCUT2D eigenvalue weighted by Crippen LogP contribution is 2.41. The number of nitrogens with one attached hydrogen (secondary N) is 1. The van der Waals surface area contributed by atoms with Crippen LogP contribution in [0, 0.1) is 11.8 Å². The van der Waals surface area contributed by atoms with Crippen LogP contribution in [0.5, 0.6) is 0 Å². The Morgan fingerprint density at radius 3 is 2.00 bits per heavy atom. The zero-order chi connectivity index (χ0) is 14.3. The highest BCUT2D eigenvalue weighted by molar-refractivity contribution is 5.90. The van der Waals surface area contributed by atoms with E-state index in [0.717, 1.165) is 0 Å². The summed E-state index contributed by atoms with van der Waals surface area (Å²) in [7, 11) is 0. The van der Waals surface area contributed by atoms with E-state index >= 15 is 0 Å². The molecule has 0 spiro atoms. The molecule has 2 fully saturated rings. The Morgan fingerprint density at radius 1 is 1.11 bits per heavy atom. The lowest BCUT2D eigenvalue weighted by atomic mass is 9.81. The highest BCUT2D eigenvalue weighted by atomic mass is 19.4. The van der Waals surface area contributed by atoms with Crippen molar-refractivity contribution in [1.29, 1.82) is 0 Å². The Bertz CT molecular complexity index is 382. The maximum Gasteiger partial charge on any atom is 0.391 e. The van der Waals surface area contributed by atoms with Crippen molar-refractivity contribution >= 4 is 11.9 Å². The second kappa shape index (κ2) is 4.68. The van der Waals surface area contributed by atoms with E-state index in [9.17, 15) is 22.8 Å². The van der Waals surface area contributed by atoms with Crippen molar-refractivity contribution in [3.8, 4) is 0 Å². The zero-order valence-electron chi connectivity index (χ0n) is 10.3. The molecule has 0 bridgehead atoms. The molecule has 4 nitrogen and oxygen atoms in total. The van der Waals surface area contributed by atoms with Crippen molar-refractivity contribution in [1.82, 2.24) is 5.32 Å². The molecule has 0 saturated heterocycles. The third-order valence-electron chi connectivity index (χ3n) is 4.08. The fourth-order valence-electron chi connectivity index (χ4n) is 2.54. The van der Waals surface area contributed by atoms with Crippen molar-refractivity contribution in [2.45, 2.75) is 50.2 Å². The van der Waals surface area contributed by atoms with Crippen LogP contribution in [0.4, 0.5) is 13.2 Å². The second-order valence-corrected chi connectivity index (χ2v) is 5.47. The Morgan fingerprint density at radius 2 is 1.63 bits per heavy atom. The van der Waals surface area contributed by atoms with Gasteiger partial charge in [-0.05, 0) is 38.5 Å². The van der Waals surface area contributed by atoms with Gasteiger partial charge in [0.05, 0.1) is 5.92 Å². The van der Waals surface area contributed by atoms with E-state index in [4.69, 9.17) is 5.11 Å². The number of rotatable bonds is 3. The molecule has 7 heteroatoms. The Balaban J connectivity index is 1.85. The molecule has 2 rings (SSSR count). The smallest absolute Gasteiger partial charge is 0.391 e. The quantitative estimate of drug-likeness (QED) is 0.831. The largest absolute Gasteiger partial charge is 0.480 e. The maximum absolute atomic E-state index is 12.5. The Hall–Kier alpha value is -1.27. The van der Waals surface area contributed by atoms with Crippen LogP contribution in [0.25, 0.3) is 0 Å². The summed E-state index contributed by atoms with van der Waals surface area (Å²) in [4.78, 5) is 22.8. The van der Waals surface area contributed by atoms with E-state index in [2.05, 4.69) is 5.32 Å². The van der Waals surface area contributed by atoms with Gasteiger partial charge in [-0.3, -0.25) is 4.79 Å². The first-order valence-electron chi connectivity index (χ1n) is 6.37. The molecule has 2 aliphatic rings. The summed E-state index contributed by atoms with van der Waals surface area (Å²) in [5, 5.41) is 11.4. The number of aliphatic carboxylic acids is 1. The molecule has 0 aromatic heterocycles. The number of carbonyl (C=O) groups excluding carboxylic acids is 1. The van der Waals surface area contributed by atoms with E-state index in [1.807, 2.05) is 0 Å². The summed E-state index contributed by atoms with van der Waals surface area (Å²) >= 11 is 0. The average molecular weight is 279 g/mol. The summed E-state index contributed by atoms with van der Waals surface area (Å²) in [6.45, 7) is 0. The number of alkyl halides is 3. The van der Waals surface area contributed by atoms with Crippen molar-refractivity contribution < 1.29 is 27.9 Å². The number of hydrogen-bond acceptors (Lipinski definition) is 2. The molecule has 2 N–H and O–H groups in total. The van der Waals surface area contributed by atoms with Gasteiger partial charge in [0.15, 0.2) is 0 Å². The maximum atomic E-state index is 12.5. The predicted octanol–water partition coefficient (Wildman–Crippen LogP) is 2.09. The minimum absolute atomic E-state index is 0.0539. The molecular weight excluding hydrogens is 263 g/mol. The van der Waals surface area contributed by atoms with E-state index in [1.54, 1.807) is 0 Å². The van der Waals surface area contributed by atoms with Gasteiger partial charge in [-0.25, -0.2) is 4.79 Å². The first-order chi connectivity index (χ1) is 8.74. The summed E-state index contributed by atoms with van der Waals surface area (Å²) < 4.78 is 37.4. The second-order valence-electron chi connectivity index (χ2n) is 5.47. The molecule has 0 aromatic rings. The zero-order valence-corrected chi connectivity index (χ0v) is 10.3. The van der Waals surface area contributed by atoms with Gasteiger partial charge in [0.25, 0.3) is 0 Å². The van der Waals surface area contributed by atoms with Crippen LogP contribution < -0.4 is 5.32 Å². The topological polar surface area (TPSA) is 66.4 Å².